The summed E-state index contributed by atoms with van der Waals surface area (Å²) in [5.74, 6) is -2.83. The summed E-state index contributed by atoms with van der Waals surface area (Å²) >= 11 is 3.01. The maximum Gasteiger partial charge on any atom is 0.408 e. The highest BCUT2D eigenvalue weighted by Crippen LogP contribution is 2.39. The van der Waals surface area contributed by atoms with Gasteiger partial charge in [-0.2, -0.15) is 0 Å². The molecule has 194 valence electrons. The third-order valence-corrected chi connectivity index (χ3v) is 6.98. The van der Waals surface area contributed by atoms with Crippen LogP contribution < -0.4 is 15.5 Å². The molecule has 0 aliphatic carbocycles. The molecule has 2 heterocycles. The van der Waals surface area contributed by atoms with Gasteiger partial charge in [0, 0.05) is 6.42 Å². The van der Waals surface area contributed by atoms with Crippen molar-refractivity contribution in [3.8, 4) is 0 Å². The van der Waals surface area contributed by atoms with Crippen LogP contribution in [-0.4, -0.2) is 58.2 Å². The normalized spacial score (nSPS) is 18.8. The van der Waals surface area contributed by atoms with Gasteiger partial charge in [0.05, 0.1) is 23.5 Å². The predicted octanol–water partition coefficient (Wildman–Crippen LogP) is 2.11. The Bertz CT molecular complexity index is 1220. The van der Waals surface area contributed by atoms with Crippen molar-refractivity contribution >= 4 is 51.3 Å². The van der Waals surface area contributed by atoms with Gasteiger partial charge >= 0.3 is 12.1 Å². The summed E-state index contributed by atoms with van der Waals surface area (Å²) in [6, 6.07) is 11.5. The Balaban J connectivity index is 1.52. The minimum absolute atomic E-state index is 0.0409. The van der Waals surface area contributed by atoms with Crippen molar-refractivity contribution in [2.75, 3.05) is 10.2 Å². The van der Waals surface area contributed by atoms with Crippen LogP contribution in [0.25, 0.3) is 0 Å². The number of nitrogens with zero attached hydrogens (tertiary/aromatic N) is 1. The van der Waals surface area contributed by atoms with E-state index in [9.17, 15) is 29.1 Å². The number of hydrogen-bond donors (Lipinski definition) is 3. The summed E-state index contributed by atoms with van der Waals surface area (Å²) in [6.45, 7) is 0.0409. The Morgan fingerprint density at radius 2 is 1.81 bits per heavy atom. The second-order valence-electron chi connectivity index (χ2n) is 8.91. The van der Waals surface area contributed by atoms with Gasteiger partial charge in [-0.05, 0) is 29.5 Å². The highest BCUT2D eigenvalue weighted by Gasteiger charge is 2.44. The van der Waals surface area contributed by atoms with Gasteiger partial charge in [0.15, 0.2) is 5.78 Å². The molecule has 2 aliphatic heterocycles. The van der Waals surface area contributed by atoms with Crippen LogP contribution in [0.4, 0.5) is 10.5 Å². The fourth-order valence-corrected chi connectivity index (χ4v) is 5.05. The van der Waals surface area contributed by atoms with E-state index in [-0.39, 0.29) is 18.4 Å². The van der Waals surface area contributed by atoms with Crippen molar-refractivity contribution < 1.29 is 33.8 Å². The van der Waals surface area contributed by atoms with Gasteiger partial charge in [0.1, 0.15) is 18.7 Å². The van der Waals surface area contributed by atoms with E-state index in [1.807, 2.05) is 48.5 Å². The first-order valence-corrected chi connectivity index (χ1v) is 12.9. The van der Waals surface area contributed by atoms with Crippen molar-refractivity contribution in [1.29, 1.82) is 0 Å². The second-order valence-corrected chi connectivity index (χ2v) is 9.47. The summed E-state index contributed by atoms with van der Waals surface area (Å²) in [7, 11) is 0. The second kappa shape index (κ2) is 11.5. The molecule has 0 saturated heterocycles. The largest absolute Gasteiger partial charge is 0.481 e. The number of carbonyl (C=O) groups is 5. The quantitative estimate of drug-likeness (QED) is 0.391. The highest BCUT2D eigenvalue weighted by atomic mass is 79.9. The number of hydrogen-bond acceptors (Lipinski definition) is 6. The van der Waals surface area contributed by atoms with E-state index >= 15 is 0 Å². The fourth-order valence-electron chi connectivity index (χ4n) is 4.66. The van der Waals surface area contributed by atoms with Crippen LogP contribution in [0.3, 0.4) is 0 Å². The van der Waals surface area contributed by atoms with Crippen LogP contribution in [0.15, 0.2) is 48.5 Å². The molecule has 0 radical (unpaired) electrons. The van der Waals surface area contributed by atoms with Gasteiger partial charge in [0.2, 0.25) is 11.8 Å². The number of aryl methyl sites for hydroxylation is 1. The van der Waals surface area contributed by atoms with Crippen LogP contribution in [0.1, 0.15) is 29.5 Å². The van der Waals surface area contributed by atoms with Gasteiger partial charge in [-0.25, -0.2) is 4.79 Å². The van der Waals surface area contributed by atoms with E-state index in [0.717, 1.165) is 16.7 Å². The summed E-state index contributed by atoms with van der Waals surface area (Å²) in [4.78, 5) is 64.3. The number of ketones is 1. The molecule has 2 unspecified atom stereocenters. The SMILES string of the molecule is O=C(O)CC(NC(=O)[C@@H]1Cc2cccc3c2N1C(=O)C(NC(=O)OCc1ccccc1)CC3)C(=O)CBr. The molecule has 2 aromatic rings. The van der Waals surface area contributed by atoms with Gasteiger partial charge in [-0.15, -0.1) is 0 Å². The minimum atomic E-state index is -1.24. The summed E-state index contributed by atoms with van der Waals surface area (Å²) in [5.41, 5.74) is 3.07. The number of carboxylic acid groups (broad SMARTS) is 1. The number of ether oxygens (including phenoxy) is 1. The number of carbonyl (C=O) groups excluding carboxylic acids is 4. The number of Topliss-reactive ketones (excluding diaryl/α,β-unsaturated/α-hetero) is 1. The van der Waals surface area contributed by atoms with E-state index in [1.165, 1.54) is 4.90 Å². The number of benzene rings is 2. The van der Waals surface area contributed by atoms with E-state index < -0.39 is 54.2 Å². The van der Waals surface area contributed by atoms with Crippen molar-refractivity contribution in [2.45, 2.75) is 50.4 Å². The summed E-state index contributed by atoms with van der Waals surface area (Å²) in [6.07, 6.45) is -0.323. The molecule has 3 atom stereocenters. The van der Waals surface area contributed by atoms with Gasteiger partial charge < -0.3 is 20.5 Å². The van der Waals surface area contributed by atoms with Crippen LogP contribution in [0, 0.1) is 0 Å². The number of halogens is 1. The lowest BCUT2D eigenvalue weighted by atomic mass is 10.0. The maximum absolute atomic E-state index is 13.7. The van der Waals surface area contributed by atoms with Crippen molar-refractivity contribution in [2.24, 2.45) is 0 Å². The smallest absolute Gasteiger partial charge is 0.408 e. The highest BCUT2D eigenvalue weighted by molar-refractivity contribution is 9.09. The third-order valence-electron chi connectivity index (χ3n) is 6.43. The van der Waals surface area contributed by atoms with E-state index in [4.69, 9.17) is 4.74 Å². The average Bonchev–Trinajstić information content (AvgIpc) is 3.23. The first-order chi connectivity index (χ1) is 17.8. The van der Waals surface area contributed by atoms with Gasteiger partial charge in [-0.1, -0.05) is 64.5 Å². The van der Waals surface area contributed by atoms with Gasteiger partial charge in [0.25, 0.3) is 0 Å². The minimum Gasteiger partial charge on any atom is -0.481 e. The van der Waals surface area contributed by atoms with Crippen LogP contribution in [0.2, 0.25) is 0 Å². The Morgan fingerprint density at radius 3 is 2.51 bits per heavy atom. The third kappa shape index (κ3) is 5.99. The van der Waals surface area contributed by atoms with Crippen molar-refractivity contribution in [1.82, 2.24) is 10.6 Å². The number of carboxylic acids is 1. The monoisotopic (exact) mass is 571 g/mol. The predicted molar refractivity (Wildman–Crippen MR) is 136 cm³/mol. The first kappa shape index (κ1) is 26.3. The molecular weight excluding hydrogens is 546 g/mol. The molecule has 0 saturated carbocycles. The molecule has 11 heteroatoms. The van der Waals surface area contributed by atoms with Crippen LogP contribution in [-0.2, 0) is 43.4 Å². The number of anilines is 1. The zero-order valence-corrected chi connectivity index (χ0v) is 21.4. The number of rotatable bonds is 9. The average molecular weight is 572 g/mol. The van der Waals surface area contributed by atoms with Crippen LogP contribution >= 0.6 is 15.9 Å². The lowest BCUT2D eigenvalue weighted by Gasteiger charge is -2.28. The Morgan fingerprint density at radius 1 is 1.08 bits per heavy atom. The molecule has 10 nitrogen and oxygen atoms in total. The zero-order chi connectivity index (χ0) is 26.5. The molecule has 2 aromatic carbocycles. The lowest BCUT2D eigenvalue weighted by molar-refractivity contribution is -0.140. The fraction of sp³-hybridized carbons (Fsp3) is 0.346. The molecule has 4 rings (SSSR count). The number of amides is 3. The number of nitrogens with one attached hydrogen (secondary N) is 2. The molecule has 0 aromatic heterocycles. The number of para-hydroxylation sites is 1. The number of aliphatic carboxylic acids is 1. The number of alkyl halides is 1. The molecule has 3 N–H and O–H groups in total. The Kier molecular flexibility index (Phi) is 8.22. The number of alkyl carbamates (subject to hydrolysis) is 1. The molecule has 37 heavy (non-hydrogen) atoms. The summed E-state index contributed by atoms with van der Waals surface area (Å²) < 4.78 is 5.28. The van der Waals surface area contributed by atoms with Gasteiger partial charge in [-0.3, -0.25) is 24.1 Å². The van der Waals surface area contributed by atoms with Crippen molar-refractivity contribution in [3.05, 3.63) is 65.2 Å². The first-order valence-electron chi connectivity index (χ1n) is 11.8. The standard InChI is InChI=1S/C26H26BrN3O7/c27-13-21(31)19(12-22(32)33)28-24(34)20-11-17-8-4-7-16-9-10-18(25(35)30(20)23(16)17)29-26(36)37-14-15-5-2-1-3-6-15/h1-8,18-20H,9-14H2,(H,28,34)(H,29,36)(H,32,33)/t18?,19?,20-/m0/s1. The molecule has 3 amide bonds. The zero-order valence-electron chi connectivity index (χ0n) is 19.8. The lowest BCUT2D eigenvalue weighted by Crippen LogP contribution is -2.56. The molecule has 2 aliphatic rings. The molecule has 0 spiro atoms. The van der Waals surface area contributed by atoms with Crippen LogP contribution in [0.5, 0.6) is 0 Å². The molecule has 0 fully saturated rings. The molecule has 0 bridgehead atoms. The van der Waals surface area contributed by atoms with Crippen molar-refractivity contribution in [3.63, 3.8) is 0 Å². The van der Waals surface area contributed by atoms with E-state index in [1.54, 1.807) is 0 Å². The summed E-state index contributed by atoms with van der Waals surface area (Å²) in [5, 5.41) is 14.2. The maximum atomic E-state index is 13.7. The Labute approximate surface area is 221 Å². The van der Waals surface area contributed by atoms with E-state index in [2.05, 4.69) is 26.6 Å². The topological polar surface area (TPSA) is 142 Å². The molecular formula is C26H26BrN3O7. The van der Waals surface area contributed by atoms with E-state index in [0.29, 0.717) is 18.5 Å². The Hall–Kier alpha value is -3.73.